The van der Waals surface area contributed by atoms with Gasteiger partial charge in [0.25, 0.3) is 0 Å². The number of nitrogens with two attached hydrogens (primary N) is 1. The molecule has 0 bridgehead atoms. The van der Waals surface area contributed by atoms with Crippen molar-refractivity contribution in [3.8, 4) is 0 Å². The van der Waals surface area contributed by atoms with E-state index in [4.69, 9.17) is 0 Å². The van der Waals surface area contributed by atoms with E-state index in [1.807, 2.05) is 0 Å². The molecule has 0 spiro atoms. The van der Waals surface area contributed by atoms with E-state index in [-0.39, 0.29) is 1.43 Å². The Morgan fingerprint density at radius 3 is 2.64 bits per heavy atom. The molecule has 1 heterocycles. The van der Waals surface area contributed by atoms with Crippen molar-refractivity contribution in [3.05, 3.63) is 0 Å². The molecule has 2 unspecified atom stereocenters. The van der Waals surface area contributed by atoms with Gasteiger partial charge < -0.3 is 5.73 Å². The van der Waals surface area contributed by atoms with Crippen molar-refractivity contribution in [1.82, 2.24) is 4.67 Å². The van der Waals surface area contributed by atoms with E-state index in [0.717, 1.165) is 5.92 Å². The van der Waals surface area contributed by atoms with Crippen LogP contribution in [0.2, 0.25) is 0 Å². The maximum Gasteiger partial charge on any atom is 0.00187 e. The second-order valence-electron chi connectivity index (χ2n) is 3.07. The van der Waals surface area contributed by atoms with Gasteiger partial charge in [-0.15, -0.1) is 0 Å². The lowest BCUT2D eigenvalue weighted by Crippen LogP contribution is -2.11. The summed E-state index contributed by atoms with van der Waals surface area (Å²) >= 11 is 0. The van der Waals surface area contributed by atoms with E-state index in [0.29, 0.717) is 0 Å². The number of hydrogen-bond donors (Lipinski definition) is 1. The highest BCUT2D eigenvalue weighted by molar-refractivity contribution is 7.13. The summed E-state index contributed by atoms with van der Waals surface area (Å²) in [7, 11) is 4.29. The Kier molecular flexibility index (Phi) is 7.25. The smallest absolute Gasteiger partial charge is 0.00187 e. The van der Waals surface area contributed by atoms with Gasteiger partial charge in [-0.05, 0) is 32.2 Å². The molecule has 1 rings (SSSR count). The van der Waals surface area contributed by atoms with Gasteiger partial charge in [-0.1, -0.05) is 16.3 Å². The fourth-order valence-corrected chi connectivity index (χ4v) is 1.62. The van der Waals surface area contributed by atoms with Crippen LogP contribution in [-0.4, -0.2) is 24.8 Å². The molecule has 1 aliphatic heterocycles. The minimum atomic E-state index is 0. The topological polar surface area (TPSA) is 29.3 Å². The van der Waals surface area contributed by atoms with Crippen LogP contribution >= 0.6 is 9.39 Å². The predicted octanol–water partition coefficient (Wildman–Crippen LogP) is 1.72. The van der Waals surface area contributed by atoms with Crippen molar-refractivity contribution in [2.24, 2.45) is 11.7 Å². The lowest BCUT2D eigenvalue weighted by Gasteiger charge is -2.10. The van der Waals surface area contributed by atoms with Gasteiger partial charge in [0.1, 0.15) is 0 Å². The third-order valence-electron chi connectivity index (χ3n) is 2.05. The predicted molar refractivity (Wildman–Crippen MR) is 56.5 cm³/mol. The average molecular weight is 178 g/mol. The van der Waals surface area contributed by atoms with Crippen LogP contribution in [-0.2, 0) is 0 Å². The zero-order valence-electron chi connectivity index (χ0n) is 7.71. The van der Waals surface area contributed by atoms with Crippen molar-refractivity contribution in [2.45, 2.75) is 26.2 Å². The van der Waals surface area contributed by atoms with Gasteiger partial charge in [0.2, 0.25) is 0 Å². The third kappa shape index (κ3) is 5.60. The zero-order valence-corrected chi connectivity index (χ0v) is 8.87. The molecule has 1 fully saturated rings. The molecule has 0 aromatic carbocycles. The van der Waals surface area contributed by atoms with E-state index in [1.54, 1.807) is 0 Å². The maximum absolute atomic E-state index is 4.50. The molecular formula is C8H23N2P. The first-order chi connectivity index (χ1) is 5.29. The van der Waals surface area contributed by atoms with Gasteiger partial charge in [-0.2, -0.15) is 0 Å². The third-order valence-corrected chi connectivity index (χ3v) is 2.57. The molecule has 0 saturated carbocycles. The highest BCUT2D eigenvalue weighted by atomic mass is 31.0. The molecule has 1 saturated heterocycles. The van der Waals surface area contributed by atoms with Crippen molar-refractivity contribution >= 4 is 9.39 Å². The van der Waals surface area contributed by atoms with Crippen LogP contribution in [0.1, 0.15) is 27.6 Å². The summed E-state index contributed by atoms with van der Waals surface area (Å²) in [5, 5.41) is 0. The Morgan fingerprint density at radius 2 is 2.00 bits per heavy atom. The standard InChI is InChI=1S/C7H16NP.CH5N.H2/c1-7-3-2-5-8(9)6-4-7;1-2;/h7H,2-6,9H2,1H3;2H2,1H3;1H. The normalized spacial score (nSPS) is 26.7. The van der Waals surface area contributed by atoms with Crippen LogP contribution in [0.3, 0.4) is 0 Å². The summed E-state index contributed by atoms with van der Waals surface area (Å²) in [4.78, 5) is 0. The van der Waals surface area contributed by atoms with Crippen LogP contribution in [0.15, 0.2) is 0 Å². The quantitative estimate of drug-likeness (QED) is 0.572. The monoisotopic (exact) mass is 178 g/mol. The molecule has 0 aliphatic carbocycles. The molecule has 0 radical (unpaired) electrons. The van der Waals surface area contributed by atoms with E-state index < -0.39 is 0 Å². The SMILES string of the molecule is CC1CCCN(P)CC1.CN.[HH]. The molecule has 70 valence electrons. The van der Waals surface area contributed by atoms with Crippen LogP contribution in [0.4, 0.5) is 0 Å². The Hall–Kier alpha value is 0.350. The second kappa shape index (κ2) is 7.02. The molecule has 0 aromatic heterocycles. The summed E-state index contributed by atoms with van der Waals surface area (Å²) < 4.78 is 2.35. The Morgan fingerprint density at radius 1 is 1.36 bits per heavy atom. The summed E-state index contributed by atoms with van der Waals surface area (Å²) in [5.41, 5.74) is 4.50. The van der Waals surface area contributed by atoms with Gasteiger partial charge in [0.05, 0.1) is 0 Å². The van der Waals surface area contributed by atoms with Crippen LogP contribution in [0.25, 0.3) is 0 Å². The maximum atomic E-state index is 4.50. The molecule has 0 amide bonds. The summed E-state index contributed by atoms with van der Waals surface area (Å²) in [5.74, 6) is 0.954. The molecule has 2 atom stereocenters. The largest absolute Gasteiger partial charge is 0.333 e. The molecule has 3 heteroatoms. The van der Waals surface area contributed by atoms with Crippen LogP contribution in [0, 0.1) is 5.92 Å². The van der Waals surface area contributed by atoms with Crippen LogP contribution in [0.5, 0.6) is 0 Å². The van der Waals surface area contributed by atoms with E-state index in [1.165, 1.54) is 39.4 Å². The minimum Gasteiger partial charge on any atom is -0.333 e. The van der Waals surface area contributed by atoms with Gasteiger partial charge in [0, 0.05) is 14.5 Å². The van der Waals surface area contributed by atoms with E-state index in [2.05, 4.69) is 26.7 Å². The fraction of sp³-hybridized carbons (Fsp3) is 1.00. The molecule has 0 aromatic rings. The Bertz CT molecular complexity index is 83.1. The van der Waals surface area contributed by atoms with Crippen molar-refractivity contribution in [3.63, 3.8) is 0 Å². The van der Waals surface area contributed by atoms with Crippen LogP contribution < -0.4 is 5.73 Å². The Balaban J connectivity index is 0. The van der Waals surface area contributed by atoms with E-state index in [9.17, 15) is 0 Å². The number of hydrogen-bond acceptors (Lipinski definition) is 2. The van der Waals surface area contributed by atoms with Gasteiger partial charge >= 0.3 is 0 Å². The van der Waals surface area contributed by atoms with E-state index >= 15 is 0 Å². The molecular weight excluding hydrogens is 155 g/mol. The van der Waals surface area contributed by atoms with Crippen molar-refractivity contribution in [2.75, 3.05) is 20.1 Å². The first-order valence-electron chi connectivity index (χ1n) is 4.36. The van der Waals surface area contributed by atoms with Crippen molar-refractivity contribution in [1.29, 1.82) is 0 Å². The van der Waals surface area contributed by atoms with Gasteiger partial charge in [0.15, 0.2) is 0 Å². The van der Waals surface area contributed by atoms with Gasteiger partial charge in [-0.3, -0.25) is 4.67 Å². The Labute approximate surface area is 74.3 Å². The summed E-state index contributed by atoms with van der Waals surface area (Å²) in [6.07, 6.45) is 4.18. The molecule has 11 heavy (non-hydrogen) atoms. The fourth-order valence-electron chi connectivity index (χ4n) is 1.29. The lowest BCUT2D eigenvalue weighted by atomic mass is 10.0. The zero-order chi connectivity index (χ0) is 8.69. The first-order valence-corrected chi connectivity index (χ1v) is 4.88. The second-order valence-corrected chi connectivity index (χ2v) is 3.80. The van der Waals surface area contributed by atoms with Gasteiger partial charge in [-0.25, -0.2) is 0 Å². The van der Waals surface area contributed by atoms with Crippen molar-refractivity contribution < 1.29 is 1.43 Å². The average Bonchev–Trinajstić information content (AvgIpc) is 2.20. The molecule has 2 N–H and O–H groups in total. The minimum absolute atomic E-state index is 0. The molecule has 1 aliphatic rings. The lowest BCUT2D eigenvalue weighted by molar-refractivity contribution is 0.470. The number of rotatable bonds is 0. The highest BCUT2D eigenvalue weighted by Gasteiger charge is 2.09. The summed E-state index contributed by atoms with van der Waals surface area (Å²) in [6.45, 7) is 4.89. The number of nitrogens with zero attached hydrogens (tertiary/aromatic N) is 1. The first kappa shape index (κ1) is 11.4. The summed E-state index contributed by atoms with van der Waals surface area (Å²) in [6, 6.07) is 0. The highest BCUT2D eigenvalue weighted by Crippen LogP contribution is 2.17. The molecule has 2 nitrogen and oxygen atoms in total.